The van der Waals surface area contributed by atoms with Gasteiger partial charge in [-0.25, -0.2) is 0 Å². The predicted molar refractivity (Wildman–Crippen MR) is 74.3 cm³/mol. The van der Waals surface area contributed by atoms with E-state index in [0.717, 1.165) is 0 Å². The van der Waals surface area contributed by atoms with Crippen LogP contribution in [-0.4, -0.2) is 60.6 Å². The van der Waals surface area contributed by atoms with Crippen molar-refractivity contribution in [1.82, 2.24) is 0 Å². The molecule has 0 radical (unpaired) electrons. The average Bonchev–Trinajstić information content (AvgIpc) is 2.46. The first-order chi connectivity index (χ1) is 9.93. The van der Waals surface area contributed by atoms with Crippen LogP contribution in [0.1, 0.15) is 5.56 Å². The molecule has 1 fully saturated rings. The molecule has 0 amide bonds. The second-order valence-electron chi connectivity index (χ2n) is 5.07. The van der Waals surface area contributed by atoms with Gasteiger partial charge in [-0.3, -0.25) is 0 Å². The fourth-order valence-electron chi connectivity index (χ4n) is 2.55. The van der Waals surface area contributed by atoms with Gasteiger partial charge in [-0.1, -0.05) is 12.1 Å². The van der Waals surface area contributed by atoms with Crippen molar-refractivity contribution < 1.29 is 29.5 Å². The van der Waals surface area contributed by atoms with E-state index in [1.165, 1.54) is 14.2 Å². The maximum atomic E-state index is 10.9. The standard InChI is InChI=1S/C14H21NO6/c1-19-7-10-11(16)12(17)13(20-2)14(18,21-10)8-3-5-9(15)6-4-8/h3-6,10-13,16-18H,7,15H2,1-2H3/t10-,11+,12+,13-,14-/m1/s1. The van der Waals surface area contributed by atoms with Gasteiger partial charge in [0.25, 0.3) is 0 Å². The number of anilines is 1. The molecule has 1 aliphatic rings. The Morgan fingerprint density at radius 2 is 1.81 bits per heavy atom. The van der Waals surface area contributed by atoms with Crippen molar-refractivity contribution >= 4 is 5.69 Å². The molecule has 0 aromatic heterocycles. The number of aliphatic hydroxyl groups is 3. The molecule has 1 aliphatic heterocycles. The Labute approximate surface area is 122 Å². The van der Waals surface area contributed by atoms with Crippen molar-refractivity contribution in [2.24, 2.45) is 0 Å². The zero-order valence-corrected chi connectivity index (χ0v) is 12.0. The fourth-order valence-corrected chi connectivity index (χ4v) is 2.55. The molecule has 5 N–H and O–H groups in total. The van der Waals surface area contributed by atoms with Gasteiger partial charge >= 0.3 is 0 Å². The zero-order chi connectivity index (χ0) is 15.6. The lowest BCUT2D eigenvalue weighted by atomic mass is 9.88. The molecule has 118 valence electrons. The number of aliphatic hydroxyl groups excluding tert-OH is 2. The van der Waals surface area contributed by atoms with Crippen LogP contribution in [0.4, 0.5) is 5.69 Å². The first-order valence-electron chi connectivity index (χ1n) is 6.58. The molecule has 0 saturated carbocycles. The van der Waals surface area contributed by atoms with Gasteiger partial charge in [0, 0.05) is 25.5 Å². The molecule has 1 aromatic rings. The monoisotopic (exact) mass is 299 g/mol. The number of hydrogen-bond donors (Lipinski definition) is 4. The lowest BCUT2D eigenvalue weighted by molar-refractivity contribution is -0.362. The molecule has 0 aliphatic carbocycles. The summed E-state index contributed by atoms with van der Waals surface area (Å²) in [6, 6.07) is 6.36. The molecule has 0 unspecified atom stereocenters. The number of benzene rings is 1. The van der Waals surface area contributed by atoms with Crippen LogP contribution in [0.3, 0.4) is 0 Å². The van der Waals surface area contributed by atoms with E-state index in [4.69, 9.17) is 19.9 Å². The Hall–Kier alpha value is -1.22. The third-order valence-electron chi connectivity index (χ3n) is 3.67. The number of hydrogen-bond acceptors (Lipinski definition) is 7. The van der Waals surface area contributed by atoms with E-state index in [1.807, 2.05) is 0 Å². The summed E-state index contributed by atoms with van der Waals surface area (Å²) < 4.78 is 15.7. The van der Waals surface area contributed by atoms with E-state index in [0.29, 0.717) is 11.3 Å². The van der Waals surface area contributed by atoms with E-state index in [1.54, 1.807) is 24.3 Å². The van der Waals surface area contributed by atoms with Crippen molar-refractivity contribution in [3.63, 3.8) is 0 Å². The summed E-state index contributed by atoms with van der Waals surface area (Å²) >= 11 is 0. The number of methoxy groups -OCH3 is 2. The second kappa shape index (κ2) is 6.27. The maximum absolute atomic E-state index is 10.9. The van der Waals surface area contributed by atoms with Crippen LogP contribution >= 0.6 is 0 Å². The van der Waals surface area contributed by atoms with Crippen LogP contribution in [0.25, 0.3) is 0 Å². The summed E-state index contributed by atoms with van der Waals surface area (Å²) in [6.07, 6.45) is -4.60. The fraction of sp³-hybridized carbons (Fsp3) is 0.571. The molecule has 1 saturated heterocycles. The van der Waals surface area contributed by atoms with Crippen LogP contribution in [0, 0.1) is 0 Å². The van der Waals surface area contributed by atoms with Gasteiger partial charge < -0.3 is 35.3 Å². The third-order valence-corrected chi connectivity index (χ3v) is 3.67. The summed E-state index contributed by atoms with van der Waals surface area (Å²) in [6.45, 7) is 0.0198. The van der Waals surface area contributed by atoms with Crippen molar-refractivity contribution in [3.8, 4) is 0 Å². The molecule has 21 heavy (non-hydrogen) atoms. The Bertz CT molecular complexity index is 465. The van der Waals surface area contributed by atoms with Gasteiger partial charge in [0.2, 0.25) is 5.79 Å². The van der Waals surface area contributed by atoms with Gasteiger partial charge in [0.15, 0.2) is 0 Å². The van der Waals surface area contributed by atoms with Crippen LogP contribution < -0.4 is 5.73 Å². The Morgan fingerprint density at radius 1 is 1.19 bits per heavy atom. The topological polar surface area (TPSA) is 114 Å². The normalized spacial score (nSPS) is 36.6. The van der Waals surface area contributed by atoms with Crippen LogP contribution in [0.15, 0.2) is 24.3 Å². The Kier molecular flexibility index (Phi) is 4.82. The van der Waals surface area contributed by atoms with Crippen LogP contribution in [-0.2, 0) is 20.0 Å². The van der Waals surface area contributed by atoms with Crippen molar-refractivity contribution in [2.45, 2.75) is 30.2 Å². The summed E-state index contributed by atoms with van der Waals surface area (Å²) in [7, 11) is 2.76. The summed E-state index contributed by atoms with van der Waals surface area (Å²) in [4.78, 5) is 0. The molecule has 0 bridgehead atoms. The van der Waals surface area contributed by atoms with Crippen molar-refractivity contribution in [3.05, 3.63) is 29.8 Å². The molecule has 1 aromatic carbocycles. The SMILES string of the molecule is COC[C@H]1O[C@](O)(c2ccc(N)cc2)[C@H](OC)[C@@H](O)[C@H]1O. The van der Waals surface area contributed by atoms with Gasteiger partial charge in [0.05, 0.1) is 6.61 Å². The lowest BCUT2D eigenvalue weighted by Crippen LogP contribution is -2.64. The van der Waals surface area contributed by atoms with Gasteiger partial charge in [0.1, 0.15) is 24.4 Å². The number of nitrogens with two attached hydrogens (primary N) is 1. The average molecular weight is 299 g/mol. The molecule has 7 nitrogen and oxygen atoms in total. The van der Waals surface area contributed by atoms with Crippen molar-refractivity contribution in [1.29, 1.82) is 0 Å². The number of nitrogen functional groups attached to an aromatic ring is 1. The van der Waals surface area contributed by atoms with Gasteiger partial charge in [-0.05, 0) is 12.1 Å². The Morgan fingerprint density at radius 3 is 2.33 bits per heavy atom. The highest BCUT2D eigenvalue weighted by Crippen LogP contribution is 2.38. The minimum Gasteiger partial charge on any atom is -0.399 e. The Balaban J connectivity index is 2.39. The summed E-state index contributed by atoms with van der Waals surface area (Å²) in [5.74, 6) is -1.91. The van der Waals surface area contributed by atoms with E-state index < -0.39 is 30.2 Å². The van der Waals surface area contributed by atoms with Crippen LogP contribution in [0.2, 0.25) is 0 Å². The van der Waals surface area contributed by atoms with E-state index in [2.05, 4.69) is 0 Å². The summed E-state index contributed by atoms with van der Waals surface area (Å²) in [5, 5.41) is 31.1. The summed E-state index contributed by atoms with van der Waals surface area (Å²) in [5.41, 5.74) is 6.53. The highest BCUT2D eigenvalue weighted by molar-refractivity contribution is 5.41. The molecular weight excluding hydrogens is 278 g/mol. The molecule has 7 heteroatoms. The number of ether oxygens (including phenoxy) is 3. The van der Waals surface area contributed by atoms with E-state index in [-0.39, 0.29) is 6.61 Å². The highest BCUT2D eigenvalue weighted by Gasteiger charge is 2.54. The zero-order valence-electron chi connectivity index (χ0n) is 12.0. The minimum atomic E-state index is -1.91. The van der Waals surface area contributed by atoms with Crippen LogP contribution in [0.5, 0.6) is 0 Å². The van der Waals surface area contributed by atoms with Gasteiger partial charge in [-0.2, -0.15) is 0 Å². The smallest absolute Gasteiger partial charge is 0.222 e. The maximum Gasteiger partial charge on any atom is 0.222 e. The molecular formula is C14H21NO6. The first-order valence-corrected chi connectivity index (χ1v) is 6.58. The minimum absolute atomic E-state index is 0.0198. The highest BCUT2D eigenvalue weighted by atomic mass is 16.7. The molecule has 5 atom stereocenters. The third kappa shape index (κ3) is 2.89. The van der Waals surface area contributed by atoms with Gasteiger partial charge in [-0.15, -0.1) is 0 Å². The van der Waals surface area contributed by atoms with E-state index in [9.17, 15) is 15.3 Å². The molecule has 1 heterocycles. The van der Waals surface area contributed by atoms with Crippen molar-refractivity contribution in [2.75, 3.05) is 26.6 Å². The predicted octanol–water partition coefficient (Wildman–Crippen LogP) is -0.804. The molecule has 0 spiro atoms. The quantitative estimate of drug-likeness (QED) is 0.538. The second-order valence-corrected chi connectivity index (χ2v) is 5.07. The number of rotatable bonds is 4. The molecule has 2 rings (SSSR count). The largest absolute Gasteiger partial charge is 0.399 e. The lowest BCUT2D eigenvalue weighted by Gasteiger charge is -2.47. The first kappa shape index (κ1) is 16.2. The van der Waals surface area contributed by atoms with E-state index >= 15 is 0 Å².